The number of nitrogens with zero attached hydrogens (tertiary/aromatic N) is 3. The lowest BCUT2D eigenvalue weighted by Gasteiger charge is -2.28. The Bertz CT molecular complexity index is 1750. The number of hydrogen-bond donors (Lipinski definition) is 2. The van der Waals surface area contributed by atoms with E-state index in [2.05, 4.69) is 45.0 Å². The van der Waals surface area contributed by atoms with Crippen LogP contribution in [0.3, 0.4) is 0 Å². The summed E-state index contributed by atoms with van der Waals surface area (Å²) in [6.07, 6.45) is 2.07. The number of benzene rings is 3. The van der Waals surface area contributed by atoms with Crippen molar-refractivity contribution in [2.75, 3.05) is 11.9 Å². The van der Waals surface area contributed by atoms with Gasteiger partial charge in [0.25, 0.3) is 0 Å². The number of carbonyl (C=O) groups excluding carboxylic acids is 1. The van der Waals surface area contributed by atoms with Gasteiger partial charge in [-0.05, 0) is 73.4 Å². The summed E-state index contributed by atoms with van der Waals surface area (Å²) in [4.78, 5) is 20.0. The van der Waals surface area contributed by atoms with Gasteiger partial charge in [-0.1, -0.05) is 66.2 Å². The molecule has 2 atom stereocenters. The van der Waals surface area contributed by atoms with Gasteiger partial charge in [0.15, 0.2) is 5.11 Å². The number of amides is 1. The molecule has 2 N–H and O–H groups in total. The highest BCUT2D eigenvalue weighted by molar-refractivity contribution is 7.80. The van der Waals surface area contributed by atoms with Crippen LogP contribution in [0.25, 0.3) is 16.5 Å². The molecular formula is C33H30ClN5OS. The summed E-state index contributed by atoms with van der Waals surface area (Å²) in [6.45, 7) is 4.64. The van der Waals surface area contributed by atoms with Crippen LogP contribution in [0.2, 0.25) is 5.02 Å². The fourth-order valence-electron chi connectivity index (χ4n) is 5.84. The van der Waals surface area contributed by atoms with Crippen LogP contribution in [0.5, 0.6) is 0 Å². The van der Waals surface area contributed by atoms with Crippen molar-refractivity contribution in [1.29, 1.82) is 0 Å². The number of rotatable bonds is 7. The Hall–Kier alpha value is -4.20. The van der Waals surface area contributed by atoms with Crippen LogP contribution in [0.15, 0.2) is 97.2 Å². The maximum absolute atomic E-state index is 13.2. The molecule has 1 amide bonds. The first-order valence-electron chi connectivity index (χ1n) is 13.6. The summed E-state index contributed by atoms with van der Waals surface area (Å²) in [5.41, 5.74) is 5.88. The Balaban J connectivity index is 1.32. The number of fused-ring (bicyclic) bond motifs is 1. The normalized spacial score (nSPS) is 16.7. The maximum atomic E-state index is 13.2. The number of hydrogen-bond acceptors (Lipinski definition) is 3. The largest absolute Gasteiger partial charge is 0.352 e. The van der Waals surface area contributed by atoms with Crippen LogP contribution >= 0.6 is 23.8 Å². The van der Waals surface area contributed by atoms with Crippen molar-refractivity contribution >= 4 is 51.3 Å². The van der Waals surface area contributed by atoms with Gasteiger partial charge in [-0.25, -0.2) is 0 Å². The first kappa shape index (κ1) is 27.0. The smallest absolute Gasteiger partial charge is 0.226 e. The molecule has 0 spiro atoms. The molecule has 0 radical (unpaired) electrons. The predicted molar refractivity (Wildman–Crippen MR) is 170 cm³/mol. The van der Waals surface area contributed by atoms with Crippen LogP contribution in [0.1, 0.15) is 41.1 Å². The zero-order valence-corrected chi connectivity index (χ0v) is 24.4. The van der Waals surface area contributed by atoms with Gasteiger partial charge in [0.2, 0.25) is 5.91 Å². The molecule has 1 saturated heterocycles. The highest BCUT2D eigenvalue weighted by Crippen LogP contribution is 2.42. The molecule has 0 bridgehead atoms. The summed E-state index contributed by atoms with van der Waals surface area (Å²) in [7, 11) is 0. The van der Waals surface area contributed by atoms with Crippen molar-refractivity contribution in [1.82, 2.24) is 19.8 Å². The van der Waals surface area contributed by atoms with E-state index in [0.29, 0.717) is 16.7 Å². The van der Waals surface area contributed by atoms with Crippen molar-refractivity contribution in [2.24, 2.45) is 0 Å². The van der Waals surface area contributed by atoms with Crippen molar-refractivity contribution in [3.8, 4) is 5.69 Å². The number of pyridine rings is 1. The first-order valence-corrected chi connectivity index (χ1v) is 14.4. The minimum absolute atomic E-state index is 0.0641. The van der Waals surface area contributed by atoms with Gasteiger partial charge in [-0.3, -0.25) is 9.78 Å². The van der Waals surface area contributed by atoms with Gasteiger partial charge in [0.1, 0.15) is 0 Å². The summed E-state index contributed by atoms with van der Waals surface area (Å²) in [6, 6.07) is 29.6. The van der Waals surface area contributed by atoms with Gasteiger partial charge in [0.05, 0.1) is 28.5 Å². The van der Waals surface area contributed by atoms with Crippen LogP contribution in [0, 0.1) is 13.8 Å². The fraction of sp³-hybridized carbons (Fsp3) is 0.182. The Morgan fingerprint density at radius 2 is 1.76 bits per heavy atom. The molecule has 2 aromatic heterocycles. The fourth-order valence-corrected chi connectivity index (χ4v) is 6.40. The summed E-state index contributed by atoms with van der Waals surface area (Å²) in [5, 5.41) is 10.0. The quantitative estimate of drug-likeness (QED) is 0.198. The summed E-state index contributed by atoms with van der Waals surface area (Å²) < 4.78 is 2.18. The van der Waals surface area contributed by atoms with Crippen molar-refractivity contribution in [2.45, 2.75) is 32.4 Å². The Labute approximate surface area is 250 Å². The van der Waals surface area contributed by atoms with Crippen LogP contribution < -0.4 is 10.6 Å². The molecule has 6 rings (SSSR count). The molecule has 5 aromatic rings. The predicted octanol–water partition coefficient (Wildman–Crippen LogP) is 7.30. The Morgan fingerprint density at radius 3 is 2.56 bits per heavy atom. The van der Waals surface area contributed by atoms with E-state index >= 15 is 0 Å². The lowest BCUT2D eigenvalue weighted by atomic mass is 9.96. The molecule has 0 saturated carbocycles. The number of anilines is 1. The topological polar surface area (TPSA) is 62.2 Å². The molecular weight excluding hydrogens is 550 g/mol. The van der Waals surface area contributed by atoms with Gasteiger partial charge < -0.3 is 20.1 Å². The van der Waals surface area contributed by atoms with E-state index in [1.54, 1.807) is 6.20 Å². The average Bonchev–Trinajstić information content (AvgIpc) is 3.47. The van der Waals surface area contributed by atoms with E-state index in [4.69, 9.17) is 23.8 Å². The Kier molecular flexibility index (Phi) is 7.47. The highest BCUT2D eigenvalue weighted by Gasteiger charge is 2.41. The van der Waals surface area contributed by atoms with Gasteiger partial charge in [-0.2, -0.15) is 0 Å². The number of carbonyl (C=O) groups is 1. The molecule has 1 fully saturated rings. The number of nitrogens with one attached hydrogen (secondary N) is 2. The molecule has 6 nitrogen and oxygen atoms in total. The number of thiocarbonyl (C=S) groups is 1. The van der Waals surface area contributed by atoms with E-state index in [0.717, 1.165) is 44.8 Å². The third-order valence-electron chi connectivity index (χ3n) is 7.72. The standard InChI is InChI=1S/C33H30ClN5OS/c1-21-20-25(22(2)39(21)29-16-6-5-13-26(29)34)32-31(28-14-7-8-18-35-28)37-33(41)38(32)19-17-30(40)36-27-15-9-11-23-10-3-4-12-24(23)27/h3-16,18,20,31-32H,17,19H2,1-2H3,(H,36,40)(H,37,41). The number of para-hydroxylation sites is 1. The monoisotopic (exact) mass is 579 g/mol. The zero-order chi connectivity index (χ0) is 28.5. The molecule has 0 aliphatic carbocycles. The van der Waals surface area contributed by atoms with Crippen LogP contribution in [-0.4, -0.2) is 32.0 Å². The maximum Gasteiger partial charge on any atom is 0.226 e. The van der Waals surface area contributed by atoms with Crippen molar-refractivity contribution in [3.05, 3.63) is 125 Å². The molecule has 2 unspecified atom stereocenters. The lowest BCUT2D eigenvalue weighted by Crippen LogP contribution is -2.33. The minimum Gasteiger partial charge on any atom is -0.352 e. The third-order valence-corrected chi connectivity index (χ3v) is 8.40. The Morgan fingerprint density at radius 1 is 1.00 bits per heavy atom. The van der Waals surface area contributed by atoms with Gasteiger partial charge >= 0.3 is 0 Å². The zero-order valence-electron chi connectivity index (χ0n) is 22.8. The molecule has 206 valence electrons. The molecule has 41 heavy (non-hydrogen) atoms. The number of aromatic nitrogens is 2. The van der Waals surface area contributed by atoms with Gasteiger partial charge in [0, 0.05) is 41.6 Å². The molecule has 8 heteroatoms. The van der Waals surface area contributed by atoms with E-state index in [-0.39, 0.29) is 24.4 Å². The number of aryl methyl sites for hydroxylation is 1. The summed E-state index contributed by atoms with van der Waals surface area (Å²) in [5.74, 6) is -0.0641. The van der Waals surface area contributed by atoms with E-state index in [9.17, 15) is 4.79 Å². The number of halogens is 1. The minimum atomic E-state index is -0.176. The molecule has 1 aliphatic rings. The molecule has 1 aliphatic heterocycles. The molecule has 3 heterocycles. The average molecular weight is 580 g/mol. The second-order valence-corrected chi connectivity index (χ2v) is 11.1. The van der Waals surface area contributed by atoms with Crippen molar-refractivity contribution in [3.63, 3.8) is 0 Å². The van der Waals surface area contributed by atoms with Crippen LogP contribution in [0.4, 0.5) is 5.69 Å². The lowest BCUT2D eigenvalue weighted by molar-refractivity contribution is -0.116. The second kappa shape index (κ2) is 11.4. The SMILES string of the molecule is Cc1cc(C2C(c3ccccn3)NC(=S)N2CCC(=O)Nc2cccc3ccccc23)c(C)n1-c1ccccc1Cl. The second-order valence-electron chi connectivity index (χ2n) is 10.3. The van der Waals surface area contributed by atoms with Crippen LogP contribution in [-0.2, 0) is 4.79 Å². The first-order chi connectivity index (χ1) is 19.9. The van der Waals surface area contributed by atoms with Crippen molar-refractivity contribution < 1.29 is 4.79 Å². The van der Waals surface area contributed by atoms with E-state index in [1.807, 2.05) is 84.9 Å². The van der Waals surface area contributed by atoms with E-state index < -0.39 is 0 Å². The highest BCUT2D eigenvalue weighted by atomic mass is 35.5. The third kappa shape index (κ3) is 5.19. The molecule has 3 aromatic carbocycles. The van der Waals surface area contributed by atoms with Gasteiger partial charge in [-0.15, -0.1) is 0 Å². The van der Waals surface area contributed by atoms with E-state index in [1.165, 1.54) is 0 Å². The summed E-state index contributed by atoms with van der Waals surface area (Å²) >= 11 is 12.5.